The van der Waals surface area contributed by atoms with Crippen LogP contribution in [0, 0.1) is 5.41 Å². The van der Waals surface area contributed by atoms with Crippen molar-refractivity contribution in [1.82, 2.24) is 5.32 Å². The predicted octanol–water partition coefficient (Wildman–Crippen LogP) is 4.24. The zero-order chi connectivity index (χ0) is 14.4. The van der Waals surface area contributed by atoms with Gasteiger partial charge in [-0.2, -0.15) is 11.8 Å². The van der Waals surface area contributed by atoms with E-state index in [2.05, 4.69) is 37.8 Å². The van der Waals surface area contributed by atoms with Crippen LogP contribution in [0.5, 0.6) is 0 Å². The Hall–Kier alpha value is 0.270. The van der Waals surface area contributed by atoms with Crippen molar-refractivity contribution in [1.29, 1.82) is 0 Å². The fourth-order valence-electron chi connectivity index (χ4n) is 4.13. The molecule has 20 heavy (non-hydrogen) atoms. The van der Waals surface area contributed by atoms with Crippen LogP contribution in [-0.2, 0) is 4.74 Å². The molecular formula is C17H33NOS. The van der Waals surface area contributed by atoms with E-state index in [1.807, 2.05) is 0 Å². The molecule has 3 atom stereocenters. The Kier molecular flexibility index (Phi) is 6.70. The molecule has 0 radical (unpaired) electrons. The van der Waals surface area contributed by atoms with E-state index in [1.165, 1.54) is 56.5 Å². The Morgan fingerprint density at radius 1 is 1.25 bits per heavy atom. The van der Waals surface area contributed by atoms with E-state index in [1.54, 1.807) is 0 Å². The molecule has 2 aliphatic carbocycles. The Balaban J connectivity index is 1.84. The average molecular weight is 300 g/mol. The van der Waals surface area contributed by atoms with E-state index in [9.17, 15) is 0 Å². The minimum Gasteiger partial charge on any atom is -0.378 e. The fraction of sp³-hybridized carbons (Fsp3) is 1.00. The van der Waals surface area contributed by atoms with Crippen LogP contribution in [0.15, 0.2) is 0 Å². The zero-order valence-electron chi connectivity index (χ0n) is 13.6. The molecule has 3 heteroatoms. The van der Waals surface area contributed by atoms with Gasteiger partial charge in [0.1, 0.15) is 0 Å². The van der Waals surface area contributed by atoms with Crippen LogP contribution < -0.4 is 5.32 Å². The normalized spacial score (nSPS) is 30.1. The zero-order valence-corrected chi connectivity index (χ0v) is 14.4. The maximum absolute atomic E-state index is 6.04. The van der Waals surface area contributed by atoms with Crippen molar-refractivity contribution in [3.05, 3.63) is 0 Å². The van der Waals surface area contributed by atoms with Crippen molar-refractivity contribution in [2.45, 2.75) is 83.9 Å². The molecule has 0 amide bonds. The van der Waals surface area contributed by atoms with Crippen LogP contribution in [0.2, 0.25) is 0 Å². The highest BCUT2D eigenvalue weighted by Gasteiger charge is 2.55. The Morgan fingerprint density at radius 3 is 2.65 bits per heavy atom. The lowest BCUT2D eigenvalue weighted by Gasteiger charge is -2.58. The lowest BCUT2D eigenvalue weighted by atomic mass is 9.55. The summed E-state index contributed by atoms with van der Waals surface area (Å²) in [6.07, 6.45) is 10.1. The Labute approximate surface area is 129 Å². The molecule has 2 nitrogen and oxygen atoms in total. The summed E-state index contributed by atoms with van der Waals surface area (Å²) in [6.45, 7) is 7.63. The van der Waals surface area contributed by atoms with Gasteiger partial charge in [-0.3, -0.25) is 0 Å². The molecule has 0 heterocycles. The van der Waals surface area contributed by atoms with Gasteiger partial charge < -0.3 is 10.1 Å². The van der Waals surface area contributed by atoms with Gasteiger partial charge >= 0.3 is 0 Å². The standard InChI is InChI=1S/C17H33NOS/c1-4-19-16-13-15(17(16)10-7-6-8-11-17)18-14(3)9-12-20-5-2/h14-16,18H,4-13H2,1-3H3. The van der Waals surface area contributed by atoms with E-state index in [-0.39, 0.29) is 0 Å². The van der Waals surface area contributed by atoms with E-state index in [0.29, 0.717) is 23.6 Å². The maximum atomic E-state index is 6.04. The smallest absolute Gasteiger partial charge is 0.0661 e. The van der Waals surface area contributed by atoms with Gasteiger partial charge in [0.05, 0.1) is 6.10 Å². The van der Waals surface area contributed by atoms with Gasteiger partial charge in [0, 0.05) is 24.1 Å². The fourth-order valence-corrected chi connectivity index (χ4v) is 4.94. The molecule has 0 aliphatic heterocycles. The lowest BCUT2D eigenvalue weighted by Crippen LogP contribution is -2.65. The highest BCUT2D eigenvalue weighted by Crippen LogP contribution is 2.53. The van der Waals surface area contributed by atoms with E-state index in [4.69, 9.17) is 4.74 Å². The first-order valence-electron chi connectivity index (χ1n) is 8.68. The molecule has 2 aliphatic rings. The number of thioether (sulfide) groups is 1. The summed E-state index contributed by atoms with van der Waals surface area (Å²) in [7, 11) is 0. The Bertz CT molecular complexity index is 278. The molecule has 1 N–H and O–H groups in total. The third kappa shape index (κ3) is 3.72. The third-order valence-corrected chi connectivity index (χ3v) is 6.25. The van der Waals surface area contributed by atoms with Crippen LogP contribution in [-0.4, -0.2) is 36.3 Å². The van der Waals surface area contributed by atoms with Gasteiger partial charge in [0.2, 0.25) is 0 Å². The summed E-state index contributed by atoms with van der Waals surface area (Å²) in [5.41, 5.74) is 0.473. The molecule has 118 valence electrons. The number of ether oxygens (including phenoxy) is 1. The molecule has 2 rings (SSSR count). The number of hydrogen-bond acceptors (Lipinski definition) is 3. The van der Waals surface area contributed by atoms with Crippen molar-refractivity contribution in [3.8, 4) is 0 Å². The largest absolute Gasteiger partial charge is 0.378 e. The highest BCUT2D eigenvalue weighted by atomic mass is 32.2. The molecular weight excluding hydrogens is 266 g/mol. The maximum Gasteiger partial charge on any atom is 0.0661 e. The van der Waals surface area contributed by atoms with Crippen LogP contribution in [0.4, 0.5) is 0 Å². The lowest BCUT2D eigenvalue weighted by molar-refractivity contribution is -0.151. The first-order chi connectivity index (χ1) is 9.73. The Morgan fingerprint density at radius 2 is 2.00 bits per heavy atom. The second kappa shape index (κ2) is 8.05. The summed E-state index contributed by atoms with van der Waals surface area (Å²) in [6, 6.07) is 1.36. The summed E-state index contributed by atoms with van der Waals surface area (Å²) in [5.74, 6) is 2.53. The average Bonchev–Trinajstić information content (AvgIpc) is 2.47. The third-order valence-electron chi connectivity index (χ3n) is 5.32. The molecule has 3 unspecified atom stereocenters. The number of rotatable bonds is 8. The molecule has 2 fully saturated rings. The first kappa shape index (κ1) is 16.6. The molecule has 1 spiro atoms. The molecule has 0 aromatic heterocycles. The van der Waals surface area contributed by atoms with E-state index >= 15 is 0 Å². The summed E-state index contributed by atoms with van der Waals surface area (Å²) in [4.78, 5) is 0. The summed E-state index contributed by atoms with van der Waals surface area (Å²) >= 11 is 2.06. The molecule has 0 aromatic rings. The SMILES string of the molecule is CCOC1CC(NC(C)CCSCC)C12CCCCC2. The van der Waals surface area contributed by atoms with Crippen molar-refractivity contribution in [3.63, 3.8) is 0 Å². The molecule has 0 aromatic carbocycles. The summed E-state index contributed by atoms with van der Waals surface area (Å²) in [5, 5.41) is 3.93. The monoisotopic (exact) mass is 299 g/mol. The van der Waals surface area contributed by atoms with E-state index < -0.39 is 0 Å². The van der Waals surface area contributed by atoms with Gasteiger partial charge in [-0.15, -0.1) is 0 Å². The van der Waals surface area contributed by atoms with Crippen LogP contribution >= 0.6 is 11.8 Å². The van der Waals surface area contributed by atoms with Gasteiger partial charge in [0.15, 0.2) is 0 Å². The van der Waals surface area contributed by atoms with Crippen LogP contribution in [0.25, 0.3) is 0 Å². The minimum absolute atomic E-state index is 0.473. The summed E-state index contributed by atoms with van der Waals surface area (Å²) < 4.78 is 6.04. The van der Waals surface area contributed by atoms with Crippen molar-refractivity contribution >= 4 is 11.8 Å². The second-order valence-corrected chi connectivity index (χ2v) is 7.97. The topological polar surface area (TPSA) is 21.3 Å². The highest BCUT2D eigenvalue weighted by molar-refractivity contribution is 7.99. The quantitative estimate of drug-likeness (QED) is 0.678. The van der Waals surface area contributed by atoms with Gasteiger partial charge in [0.25, 0.3) is 0 Å². The predicted molar refractivity (Wildman–Crippen MR) is 89.6 cm³/mol. The molecule has 0 saturated heterocycles. The van der Waals surface area contributed by atoms with Crippen LogP contribution in [0.1, 0.15) is 65.7 Å². The van der Waals surface area contributed by atoms with Crippen molar-refractivity contribution in [2.75, 3.05) is 18.1 Å². The van der Waals surface area contributed by atoms with Crippen LogP contribution in [0.3, 0.4) is 0 Å². The van der Waals surface area contributed by atoms with Gasteiger partial charge in [-0.25, -0.2) is 0 Å². The van der Waals surface area contributed by atoms with E-state index in [0.717, 1.165) is 6.61 Å². The molecule has 2 saturated carbocycles. The van der Waals surface area contributed by atoms with Gasteiger partial charge in [-0.1, -0.05) is 26.2 Å². The minimum atomic E-state index is 0.473. The number of hydrogen-bond donors (Lipinski definition) is 1. The van der Waals surface area contributed by atoms with Crippen molar-refractivity contribution < 1.29 is 4.74 Å². The first-order valence-corrected chi connectivity index (χ1v) is 9.83. The van der Waals surface area contributed by atoms with Gasteiger partial charge in [-0.05, 0) is 51.0 Å². The number of nitrogens with one attached hydrogen (secondary N) is 1. The second-order valence-electron chi connectivity index (χ2n) is 6.58. The van der Waals surface area contributed by atoms with Crippen molar-refractivity contribution in [2.24, 2.45) is 5.41 Å². The molecule has 0 bridgehead atoms.